The summed E-state index contributed by atoms with van der Waals surface area (Å²) in [6.07, 6.45) is 2.71. The lowest BCUT2D eigenvalue weighted by Crippen LogP contribution is -2.14. The highest BCUT2D eigenvalue weighted by molar-refractivity contribution is 8.00. The highest BCUT2D eigenvalue weighted by Crippen LogP contribution is 2.35. The highest BCUT2D eigenvalue weighted by atomic mass is 32.2. The first-order valence-corrected chi connectivity index (χ1v) is 7.13. The van der Waals surface area contributed by atoms with E-state index in [4.69, 9.17) is 9.47 Å². The molecule has 0 aromatic heterocycles. The first-order valence-electron chi connectivity index (χ1n) is 6.25. The maximum atomic E-state index is 9.81. The van der Waals surface area contributed by atoms with Crippen LogP contribution in [0.4, 0.5) is 0 Å². The van der Waals surface area contributed by atoms with Crippen molar-refractivity contribution in [1.82, 2.24) is 0 Å². The molecule has 2 atom stereocenters. The van der Waals surface area contributed by atoms with Crippen LogP contribution in [0.2, 0.25) is 0 Å². The predicted octanol–water partition coefficient (Wildman–Crippen LogP) is 2.98. The average molecular weight is 268 g/mol. The molecule has 3 nitrogen and oxygen atoms in total. The number of aliphatic hydroxyl groups is 1. The van der Waals surface area contributed by atoms with E-state index in [1.165, 1.54) is 4.90 Å². The van der Waals surface area contributed by atoms with Crippen LogP contribution in [0.25, 0.3) is 0 Å². The maximum Gasteiger partial charge on any atom is 0.183 e. The van der Waals surface area contributed by atoms with Gasteiger partial charge >= 0.3 is 0 Å². The molecule has 18 heavy (non-hydrogen) atoms. The van der Waals surface area contributed by atoms with E-state index in [1.54, 1.807) is 26.0 Å². The Bertz CT molecular complexity index is 362. The van der Waals surface area contributed by atoms with Gasteiger partial charge in [-0.1, -0.05) is 12.1 Å². The van der Waals surface area contributed by atoms with Gasteiger partial charge in [0.25, 0.3) is 0 Å². The van der Waals surface area contributed by atoms with Crippen molar-refractivity contribution in [3.63, 3.8) is 0 Å². The van der Waals surface area contributed by atoms with Crippen molar-refractivity contribution in [3.8, 4) is 0 Å². The van der Waals surface area contributed by atoms with Gasteiger partial charge in [0.15, 0.2) is 6.29 Å². The topological polar surface area (TPSA) is 38.7 Å². The van der Waals surface area contributed by atoms with E-state index in [0.717, 1.165) is 24.8 Å². The van der Waals surface area contributed by atoms with E-state index in [-0.39, 0.29) is 12.4 Å². The fourth-order valence-corrected chi connectivity index (χ4v) is 3.51. The number of aliphatic hydroxyl groups excluding tert-OH is 1. The van der Waals surface area contributed by atoms with Crippen LogP contribution in [0.3, 0.4) is 0 Å². The summed E-state index contributed by atoms with van der Waals surface area (Å²) >= 11 is 1.76. The first-order chi connectivity index (χ1) is 8.74. The summed E-state index contributed by atoms with van der Waals surface area (Å²) in [7, 11) is 3.26. The summed E-state index contributed by atoms with van der Waals surface area (Å²) in [5.41, 5.74) is 1.01. The van der Waals surface area contributed by atoms with Crippen LogP contribution in [-0.2, 0) is 9.47 Å². The van der Waals surface area contributed by atoms with Gasteiger partial charge in [-0.15, -0.1) is 11.8 Å². The van der Waals surface area contributed by atoms with Crippen molar-refractivity contribution in [3.05, 3.63) is 29.8 Å². The van der Waals surface area contributed by atoms with Crippen LogP contribution in [0.15, 0.2) is 29.2 Å². The molecule has 1 fully saturated rings. The molecule has 1 aliphatic carbocycles. The van der Waals surface area contributed by atoms with Gasteiger partial charge in [0.2, 0.25) is 0 Å². The first kappa shape index (κ1) is 13.9. The molecular weight excluding hydrogens is 248 g/mol. The molecule has 0 spiro atoms. The van der Waals surface area contributed by atoms with Crippen LogP contribution in [0.5, 0.6) is 0 Å². The van der Waals surface area contributed by atoms with Crippen molar-refractivity contribution >= 4 is 11.8 Å². The highest BCUT2D eigenvalue weighted by Gasteiger charge is 2.25. The standard InChI is InChI=1S/C14H20O3S/c1-16-14(17-2)10-6-8-11(9-7-10)18-13-5-3-4-12(13)15/h6-9,12-15H,3-5H2,1-2H3. The van der Waals surface area contributed by atoms with Crippen LogP contribution in [0.1, 0.15) is 31.1 Å². The number of rotatable bonds is 5. The number of hydrogen-bond acceptors (Lipinski definition) is 4. The quantitative estimate of drug-likeness (QED) is 0.833. The van der Waals surface area contributed by atoms with Gasteiger partial charge in [0.05, 0.1) is 6.10 Å². The minimum Gasteiger partial charge on any atom is -0.392 e. The molecule has 1 saturated carbocycles. The van der Waals surface area contributed by atoms with E-state index in [9.17, 15) is 5.11 Å². The molecule has 0 amide bonds. The molecule has 2 unspecified atom stereocenters. The summed E-state index contributed by atoms with van der Waals surface area (Å²) in [4.78, 5) is 1.19. The Morgan fingerprint density at radius 3 is 2.33 bits per heavy atom. The molecular formula is C14H20O3S. The van der Waals surface area contributed by atoms with Crippen molar-refractivity contribution in [2.24, 2.45) is 0 Å². The molecule has 2 rings (SSSR count). The van der Waals surface area contributed by atoms with Gasteiger partial charge in [-0.05, 0) is 31.4 Å². The summed E-state index contributed by atoms with van der Waals surface area (Å²) in [5.74, 6) is 0. The Hall–Kier alpha value is -0.550. The SMILES string of the molecule is COC(OC)c1ccc(SC2CCCC2O)cc1. The lowest BCUT2D eigenvalue weighted by atomic mass is 10.2. The van der Waals surface area contributed by atoms with E-state index < -0.39 is 0 Å². The third kappa shape index (κ3) is 3.26. The lowest BCUT2D eigenvalue weighted by molar-refractivity contribution is -0.106. The second-order valence-corrected chi connectivity index (χ2v) is 5.84. The zero-order chi connectivity index (χ0) is 13.0. The van der Waals surface area contributed by atoms with E-state index in [1.807, 2.05) is 12.1 Å². The number of ether oxygens (including phenoxy) is 2. The minimum atomic E-state index is -0.305. The fourth-order valence-electron chi connectivity index (χ4n) is 2.29. The monoisotopic (exact) mass is 268 g/mol. The molecule has 1 N–H and O–H groups in total. The van der Waals surface area contributed by atoms with Crippen LogP contribution < -0.4 is 0 Å². The lowest BCUT2D eigenvalue weighted by Gasteiger charge is -2.16. The Morgan fingerprint density at radius 2 is 1.83 bits per heavy atom. The van der Waals surface area contributed by atoms with Gasteiger partial charge in [-0.3, -0.25) is 0 Å². The normalized spacial score (nSPS) is 23.8. The van der Waals surface area contributed by atoms with Gasteiger partial charge in [-0.2, -0.15) is 0 Å². The summed E-state index contributed by atoms with van der Waals surface area (Å²) < 4.78 is 10.4. The molecule has 0 radical (unpaired) electrons. The Morgan fingerprint density at radius 1 is 1.17 bits per heavy atom. The molecule has 0 bridgehead atoms. The largest absolute Gasteiger partial charge is 0.392 e. The third-order valence-corrected chi connectivity index (χ3v) is 4.68. The third-order valence-electron chi connectivity index (χ3n) is 3.29. The van der Waals surface area contributed by atoms with Crippen molar-refractivity contribution in [2.45, 2.75) is 41.8 Å². The average Bonchev–Trinajstić information content (AvgIpc) is 2.79. The van der Waals surface area contributed by atoms with E-state index >= 15 is 0 Å². The van der Waals surface area contributed by atoms with Gasteiger partial charge in [-0.25, -0.2) is 0 Å². The number of thioether (sulfide) groups is 1. The molecule has 1 aromatic rings. The second-order valence-electron chi connectivity index (χ2n) is 4.53. The molecule has 1 aliphatic rings. The zero-order valence-electron chi connectivity index (χ0n) is 10.8. The summed E-state index contributed by atoms with van der Waals surface area (Å²) in [6, 6.07) is 8.16. The van der Waals surface area contributed by atoms with E-state index in [2.05, 4.69) is 12.1 Å². The molecule has 0 saturated heterocycles. The molecule has 100 valence electrons. The summed E-state index contributed by atoms with van der Waals surface area (Å²) in [6.45, 7) is 0. The molecule has 0 heterocycles. The number of benzene rings is 1. The Balaban J connectivity index is 1.99. The number of hydrogen-bond donors (Lipinski definition) is 1. The van der Waals surface area contributed by atoms with Gasteiger partial charge < -0.3 is 14.6 Å². The smallest absolute Gasteiger partial charge is 0.183 e. The Labute approximate surface area is 112 Å². The van der Waals surface area contributed by atoms with Crippen LogP contribution in [0, 0.1) is 0 Å². The van der Waals surface area contributed by atoms with Crippen molar-refractivity contribution in [2.75, 3.05) is 14.2 Å². The molecule has 0 aliphatic heterocycles. The van der Waals surface area contributed by atoms with E-state index in [0.29, 0.717) is 5.25 Å². The number of methoxy groups -OCH3 is 2. The van der Waals surface area contributed by atoms with Gasteiger partial charge in [0, 0.05) is 29.9 Å². The second kappa shape index (κ2) is 6.57. The summed E-state index contributed by atoms with van der Waals surface area (Å²) in [5, 5.41) is 10.2. The molecule has 1 aromatic carbocycles. The minimum absolute atomic E-state index is 0.152. The fraction of sp³-hybridized carbons (Fsp3) is 0.571. The predicted molar refractivity (Wildman–Crippen MR) is 72.7 cm³/mol. The van der Waals surface area contributed by atoms with Gasteiger partial charge in [0.1, 0.15) is 0 Å². The molecule has 4 heteroatoms. The van der Waals surface area contributed by atoms with Crippen molar-refractivity contribution in [1.29, 1.82) is 0 Å². The van der Waals surface area contributed by atoms with Crippen LogP contribution in [-0.4, -0.2) is 30.7 Å². The van der Waals surface area contributed by atoms with Crippen molar-refractivity contribution < 1.29 is 14.6 Å². The zero-order valence-corrected chi connectivity index (χ0v) is 11.7. The van der Waals surface area contributed by atoms with Crippen LogP contribution >= 0.6 is 11.8 Å². The Kier molecular flexibility index (Phi) is 5.06. The maximum absolute atomic E-state index is 9.81.